The average molecular weight is 376 g/mol. The maximum atomic E-state index is 12.3. The number of aromatic nitrogens is 1. The molecule has 0 radical (unpaired) electrons. The molecule has 6 heteroatoms. The van der Waals surface area contributed by atoms with Gasteiger partial charge in [0.05, 0.1) is 17.7 Å². The Morgan fingerprint density at radius 1 is 0.964 bits per heavy atom. The molecule has 2 amide bonds. The van der Waals surface area contributed by atoms with Crippen LogP contribution < -0.4 is 0 Å². The number of nitrogens with one attached hydrogen (secondary N) is 1. The number of aromatic amines is 1. The number of para-hydroxylation sites is 1. The quantitative estimate of drug-likeness (QED) is 0.507. The number of ether oxygens (including phenoxy) is 1. The SMILES string of the molecule is O=C(CCCc1c[nH]c2ccccc12)OCCN1C(=O)c2ccccc2C1=O. The topological polar surface area (TPSA) is 79.5 Å². The first-order valence-corrected chi connectivity index (χ1v) is 9.31. The molecule has 1 aromatic heterocycles. The number of hydrogen-bond donors (Lipinski definition) is 1. The molecular weight excluding hydrogens is 356 g/mol. The minimum atomic E-state index is -0.337. The number of hydrogen-bond acceptors (Lipinski definition) is 4. The first-order chi connectivity index (χ1) is 13.6. The Hall–Kier alpha value is -3.41. The lowest BCUT2D eigenvalue weighted by molar-refractivity contribution is -0.143. The highest BCUT2D eigenvalue weighted by atomic mass is 16.5. The van der Waals surface area contributed by atoms with Crippen molar-refractivity contribution in [1.82, 2.24) is 9.88 Å². The van der Waals surface area contributed by atoms with Gasteiger partial charge in [0, 0.05) is 23.5 Å². The molecule has 2 heterocycles. The summed E-state index contributed by atoms with van der Waals surface area (Å²) in [5.41, 5.74) is 3.06. The molecule has 0 saturated carbocycles. The Balaban J connectivity index is 1.22. The number of fused-ring (bicyclic) bond motifs is 2. The average Bonchev–Trinajstić information content (AvgIpc) is 3.23. The van der Waals surface area contributed by atoms with E-state index in [1.807, 2.05) is 24.4 Å². The summed E-state index contributed by atoms with van der Waals surface area (Å²) in [6.07, 6.45) is 3.71. The van der Waals surface area contributed by atoms with Gasteiger partial charge in [-0.1, -0.05) is 30.3 Å². The smallest absolute Gasteiger partial charge is 0.305 e. The van der Waals surface area contributed by atoms with Gasteiger partial charge in [-0.15, -0.1) is 0 Å². The molecule has 0 fully saturated rings. The fourth-order valence-corrected chi connectivity index (χ4v) is 3.53. The van der Waals surface area contributed by atoms with Gasteiger partial charge >= 0.3 is 5.97 Å². The lowest BCUT2D eigenvalue weighted by atomic mass is 10.1. The lowest BCUT2D eigenvalue weighted by Gasteiger charge is -2.13. The third-order valence-electron chi connectivity index (χ3n) is 4.96. The van der Waals surface area contributed by atoms with Crippen LogP contribution in [0.5, 0.6) is 0 Å². The van der Waals surface area contributed by atoms with Crippen LogP contribution >= 0.6 is 0 Å². The number of imide groups is 1. The summed E-state index contributed by atoms with van der Waals surface area (Å²) in [5, 5.41) is 1.17. The summed E-state index contributed by atoms with van der Waals surface area (Å²) in [7, 11) is 0. The molecule has 2 aromatic carbocycles. The fourth-order valence-electron chi connectivity index (χ4n) is 3.53. The van der Waals surface area contributed by atoms with E-state index in [1.54, 1.807) is 24.3 Å². The van der Waals surface area contributed by atoms with Crippen LogP contribution in [0.2, 0.25) is 0 Å². The van der Waals surface area contributed by atoms with Crippen LogP contribution in [0.25, 0.3) is 10.9 Å². The fraction of sp³-hybridized carbons (Fsp3) is 0.227. The predicted molar refractivity (Wildman–Crippen MR) is 104 cm³/mol. The van der Waals surface area contributed by atoms with Crippen molar-refractivity contribution in [3.8, 4) is 0 Å². The summed E-state index contributed by atoms with van der Waals surface area (Å²) in [5.74, 6) is -0.997. The van der Waals surface area contributed by atoms with E-state index in [-0.39, 0.29) is 30.9 Å². The zero-order chi connectivity index (χ0) is 19.5. The van der Waals surface area contributed by atoms with Crippen molar-refractivity contribution < 1.29 is 19.1 Å². The summed E-state index contributed by atoms with van der Waals surface area (Å²) < 4.78 is 5.21. The van der Waals surface area contributed by atoms with Crippen LogP contribution in [-0.2, 0) is 16.0 Å². The molecule has 6 nitrogen and oxygen atoms in total. The molecule has 0 aliphatic carbocycles. The van der Waals surface area contributed by atoms with Crippen molar-refractivity contribution in [2.24, 2.45) is 0 Å². The zero-order valence-electron chi connectivity index (χ0n) is 15.3. The maximum Gasteiger partial charge on any atom is 0.305 e. The molecule has 3 aromatic rings. The molecule has 0 atom stereocenters. The molecule has 0 bridgehead atoms. The van der Waals surface area contributed by atoms with Crippen LogP contribution in [-0.4, -0.2) is 40.8 Å². The Labute approximate surface area is 162 Å². The van der Waals surface area contributed by atoms with Crippen molar-refractivity contribution in [3.05, 3.63) is 71.4 Å². The summed E-state index contributed by atoms with van der Waals surface area (Å²) in [6, 6.07) is 14.8. The first-order valence-electron chi connectivity index (χ1n) is 9.31. The van der Waals surface area contributed by atoms with E-state index in [1.165, 1.54) is 10.9 Å². The van der Waals surface area contributed by atoms with Crippen molar-refractivity contribution in [2.75, 3.05) is 13.2 Å². The van der Waals surface area contributed by atoms with E-state index in [0.29, 0.717) is 24.0 Å². The minimum absolute atomic E-state index is 0.0113. The Kier molecular flexibility index (Phi) is 4.93. The van der Waals surface area contributed by atoms with E-state index >= 15 is 0 Å². The second kappa shape index (κ2) is 7.68. The predicted octanol–water partition coefficient (Wildman–Crippen LogP) is 3.33. The molecule has 1 N–H and O–H groups in total. The number of amides is 2. The third-order valence-corrected chi connectivity index (χ3v) is 4.96. The Morgan fingerprint density at radius 3 is 2.39 bits per heavy atom. The molecule has 1 aliphatic rings. The minimum Gasteiger partial charge on any atom is -0.464 e. The monoisotopic (exact) mass is 376 g/mol. The Bertz CT molecular complexity index is 1020. The third kappa shape index (κ3) is 3.41. The zero-order valence-corrected chi connectivity index (χ0v) is 15.3. The number of carbonyl (C=O) groups excluding carboxylic acids is 3. The number of esters is 1. The van der Waals surface area contributed by atoms with Gasteiger partial charge < -0.3 is 9.72 Å². The molecule has 1 aliphatic heterocycles. The van der Waals surface area contributed by atoms with Crippen molar-refractivity contribution >= 4 is 28.7 Å². The normalized spacial score (nSPS) is 13.2. The van der Waals surface area contributed by atoms with Gasteiger partial charge in [-0.3, -0.25) is 19.3 Å². The molecule has 0 saturated heterocycles. The van der Waals surface area contributed by atoms with Gasteiger partial charge in [-0.05, 0) is 36.6 Å². The Morgan fingerprint density at radius 2 is 1.64 bits per heavy atom. The van der Waals surface area contributed by atoms with E-state index in [9.17, 15) is 14.4 Å². The molecule has 28 heavy (non-hydrogen) atoms. The molecule has 0 unspecified atom stereocenters. The van der Waals surface area contributed by atoms with E-state index in [2.05, 4.69) is 11.1 Å². The summed E-state index contributed by atoms with van der Waals surface area (Å²) in [6.45, 7) is 0.0813. The molecular formula is C22H20N2O4. The highest BCUT2D eigenvalue weighted by molar-refractivity contribution is 6.21. The maximum absolute atomic E-state index is 12.3. The number of nitrogens with zero attached hydrogens (tertiary/aromatic N) is 1. The van der Waals surface area contributed by atoms with Crippen LogP contribution in [0.1, 0.15) is 39.1 Å². The number of carbonyl (C=O) groups is 3. The van der Waals surface area contributed by atoms with Gasteiger partial charge in [0.25, 0.3) is 11.8 Å². The number of benzene rings is 2. The van der Waals surface area contributed by atoms with Crippen molar-refractivity contribution in [2.45, 2.75) is 19.3 Å². The molecule has 0 spiro atoms. The largest absolute Gasteiger partial charge is 0.464 e. The van der Waals surface area contributed by atoms with E-state index in [4.69, 9.17) is 4.74 Å². The van der Waals surface area contributed by atoms with E-state index in [0.717, 1.165) is 16.8 Å². The standard InChI is InChI=1S/C22H20N2O4/c25-20(11-5-6-15-14-23-19-10-4-3-7-16(15)19)28-13-12-24-21(26)17-8-1-2-9-18(17)22(24)27/h1-4,7-10,14,23H,5-6,11-13H2. The first kappa shape index (κ1) is 18.0. The second-order valence-corrected chi connectivity index (χ2v) is 6.74. The molecule has 142 valence electrons. The number of aryl methyl sites for hydroxylation is 1. The van der Waals surface area contributed by atoms with Crippen LogP contribution in [0.15, 0.2) is 54.7 Å². The summed E-state index contributed by atoms with van der Waals surface area (Å²) >= 11 is 0. The van der Waals surface area contributed by atoms with E-state index < -0.39 is 0 Å². The lowest BCUT2D eigenvalue weighted by Crippen LogP contribution is -2.33. The van der Waals surface area contributed by atoms with Crippen molar-refractivity contribution in [1.29, 1.82) is 0 Å². The van der Waals surface area contributed by atoms with Crippen LogP contribution in [0, 0.1) is 0 Å². The van der Waals surface area contributed by atoms with Gasteiger partial charge in [-0.25, -0.2) is 0 Å². The number of H-pyrrole nitrogens is 1. The van der Waals surface area contributed by atoms with Crippen LogP contribution in [0.4, 0.5) is 0 Å². The number of rotatable bonds is 7. The van der Waals surface area contributed by atoms with Crippen LogP contribution in [0.3, 0.4) is 0 Å². The van der Waals surface area contributed by atoms with Crippen molar-refractivity contribution in [3.63, 3.8) is 0 Å². The van der Waals surface area contributed by atoms with Gasteiger partial charge in [0.2, 0.25) is 0 Å². The van der Waals surface area contributed by atoms with Gasteiger partial charge in [0.15, 0.2) is 0 Å². The highest BCUT2D eigenvalue weighted by Gasteiger charge is 2.34. The van der Waals surface area contributed by atoms with Gasteiger partial charge in [0.1, 0.15) is 6.61 Å². The van der Waals surface area contributed by atoms with Gasteiger partial charge in [-0.2, -0.15) is 0 Å². The summed E-state index contributed by atoms with van der Waals surface area (Å²) in [4.78, 5) is 40.8. The second-order valence-electron chi connectivity index (χ2n) is 6.74. The molecule has 4 rings (SSSR count). The highest BCUT2D eigenvalue weighted by Crippen LogP contribution is 2.22.